The minimum atomic E-state index is -0.0561. The molecule has 0 saturated carbocycles. The van der Waals surface area contributed by atoms with Crippen LogP contribution in [0.5, 0.6) is 11.5 Å². The molecule has 1 aliphatic heterocycles. The number of nitrogens with one attached hydrogen (secondary N) is 2. The average Bonchev–Trinajstić information content (AvgIpc) is 3.22. The van der Waals surface area contributed by atoms with E-state index >= 15 is 0 Å². The van der Waals surface area contributed by atoms with Crippen LogP contribution in [0.25, 0.3) is 0 Å². The molecule has 1 aromatic carbocycles. The molecule has 0 radical (unpaired) electrons. The normalized spacial score (nSPS) is 19.1. The first kappa shape index (κ1) is 23.1. The number of carbonyl (C=O) groups excluding carboxylic acids is 1. The number of nitrogens with zero attached hydrogens (tertiary/aromatic N) is 1. The van der Waals surface area contributed by atoms with Gasteiger partial charge in [0.1, 0.15) is 5.76 Å². The number of hydrogen-bond donors (Lipinski definition) is 2. The summed E-state index contributed by atoms with van der Waals surface area (Å²) in [6.07, 6.45) is 2.32. The van der Waals surface area contributed by atoms with E-state index < -0.39 is 0 Å². The standard InChI is InChI=1S/C24H35N3O4/c1-24(2,3)22-13-19(27-31-22)11-18-15-25-9-8-17(18)12-23(28)26-14-16-6-7-20(29-4)21(10-16)30-5/h6-7,10,13,17-18,25H,8-9,11-12,14-15H2,1-5H3,(H,26,28)/t17-,18+/m0/s1. The zero-order valence-corrected chi connectivity index (χ0v) is 19.3. The first-order chi connectivity index (χ1) is 14.8. The molecule has 2 N–H and O–H groups in total. The maximum absolute atomic E-state index is 12.7. The lowest BCUT2D eigenvalue weighted by Gasteiger charge is -2.31. The Morgan fingerprint density at radius 1 is 1.19 bits per heavy atom. The number of benzene rings is 1. The largest absolute Gasteiger partial charge is 0.493 e. The Morgan fingerprint density at radius 2 is 1.97 bits per heavy atom. The highest BCUT2D eigenvalue weighted by Crippen LogP contribution is 2.29. The van der Waals surface area contributed by atoms with Crippen LogP contribution in [0.3, 0.4) is 0 Å². The summed E-state index contributed by atoms with van der Waals surface area (Å²) in [6, 6.07) is 7.74. The number of ether oxygens (including phenoxy) is 2. The summed E-state index contributed by atoms with van der Waals surface area (Å²) in [5.74, 6) is 2.99. The molecule has 1 aromatic heterocycles. The molecule has 1 aliphatic rings. The first-order valence-electron chi connectivity index (χ1n) is 10.9. The zero-order chi connectivity index (χ0) is 22.4. The number of piperidine rings is 1. The molecular formula is C24H35N3O4. The molecule has 1 amide bonds. The van der Waals surface area contributed by atoms with Gasteiger partial charge < -0.3 is 24.6 Å². The van der Waals surface area contributed by atoms with Crippen molar-refractivity contribution in [3.8, 4) is 11.5 Å². The van der Waals surface area contributed by atoms with Gasteiger partial charge in [-0.1, -0.05) is 32.0 Å². The Morgan fingerprint density at radius 3 is 2.65 bits per heavy atom. The summed E-state index contributed by atoms with van der Waals surface area (Å²) in [7, 11) is 3.22. The second-order valence-electron chi connectivity index (χ2n) is 9.32. The second kappa shape index (κ2) is 10.2. The van der Waals surface area contributed by atoms with Gasteiger partial charge in [-0.2, -0.15) is 0 Å². The summed E-state index contributed by atoms with van der Waals surface area (Å²) < 4.78 is 16.1. The number of rotatable bonds is 8. The van der Waals surface area contributed by atoms with Gasteiger partial charge in [-0.25, -0.2) is 0 Å². The Hall–Kier alpha value is -2.54. The van der Waals surface area contributed by atoms with Crippen molar-refractivity contribution in [3.05, 3.63) is 41.3 Å². The molecule has 7 heteroatoms. The van der Waals surface area contributed by atoms with Gasteiger partial charge >= 0.3 is 0 Å². The van der Waals surface area contributed by atoms with E-state index in [0.29, 0.717) is 36.3 Å². The number of amides is 1. The molecule has 170 valence electrons. The minimum Gasteiger partial charge on any atom is -0.493 e. The fourth-order valence-electron chi connectivity index (χ4n) is 4.02. The molecule has 0 unspecified atom stereocenters. The molecule has 0 aliphatic carbocycles. The molecule has 2 heterocycles. The zero-order valence-electron chi connectivity index (χ0n) is 19.3. The highest BCUT2D eigenvalue weighted by molar-refractivity contribution is 5.76. The maximum Gasteiger partial charge on any atom is 0.220 e. The first-order valence-corrected chi connectivity index (χ1v) is 10.9. The van der Waals surface area contributed by atoms with Crippen LogP contribution in [0.4, 0.5) is 0 Å². The van der Waals surface area contributed by atoms with E-state index in [9.17, 15) is 4.79 Å². The smallest absolute Gasteiger partial charge is 0.220 e. The van der Waals surface area contributed by atoms with Gasteiger partial charge in [0.25, 0.3) is 0 Å². The number of carbonyl (C=O) groups is 1. The predicted molar refractivity (Wildman–Crippen MR) is 119 cm³/mol. The van der Waals surface area contributed by atoms with Crippen molar-refractivity contribution in [1.29, 1.82) is 0 Å². The van der Waals surface area contributed by atoms with Crippen LogP contribution < -0.4 is 20.1 Å². The molecule has 2 aromatic rings. The summed E-state index contributed by atoms with van der Waals surface area (Å²) in [4.78, 5) is 12.7. The van der Waals surface area contributed by atoms with E-state index in [2.05, 4.69) is 42.6 Å². The van der Waals surface area contributed by atoms with E-state index in [1.54, 1.807) is 14.2 Å². The third kappa shape index (κ3) is 6.23. The fraction of sp³-hybridized carbons (Fsp3) is 0.583. The van der Waals surface area contributed by atoms with Crippen LogP contribution >= 0.6 is 0 Å². The van der Waals surface area contributed by atoms with Crippen molar-refractivity contribution in [3.63, 3.8) is 0 Å². The van der Waals surface area contributed by atoms with Crippen molar-refractivity contribution >= 4 is 5.91 Å². The Bertz CT molecular complexity index is 872. The van der Waals surface area contributed by atoms with Crippen molar-refractivity contribution in [2.45, 2.75) is 52.0 Å². The Labute approximate surface area is 184 Å². The summed E-state index contributed by atoms with van der Waals surface area (Å²) in [5, 5.41) is 10.8. The predicted octanol–water partition coefficient (Wildman–Crippen LogP) is 3.46. The summed E-state index contributed by atoms with van der Waals surface area (Å²) in [5.41, 5.74) is 1.89. The van der Waals surface area contributed by atoms with Crippen molar-refractivity contribution in [2.24, 2.45) is 11.8 Å². The van der Waals surface area contributed by atoms with Crippen LogP contribution in [-0.4, -0.2) is 38.4 Å². The molecule has 1 saturated heterocycles. The highest BCUT2D eigenvalue weighted by atomic mass is 16.5. The van der Waals surface area contributed by atoms with Crippen molar-refractivity contribution < 1.29 is 18.8 Å². The van der Waals surface area contributed by atoms with E-state index in [4.69, 9.17) is 14.0 Å². The third-order valence-corrected chi connectivity index (χ3v) is 5.92. The Kier molecular flexibility index (Phi) is 7.59. The maximum atomic E-state index is 12.7. The monoisotopic (exact) mass is 429 g/mol. The van der Waals surface area contributed by atoms with E-state index in [1.165, 1.54) is 0 Å². The fourth-order valence-corrected chi connectivity index (χ4v) is 4.02. The molecule has 0 spiro atoms. The van der Waals surface area contributed by atoms with Crippen LogP contribution in [0.15, 0.2) is 28.8 Å². The average molecular weight is 430 g/mol. The highest BCUT2D eigenvalue weighted by Gasteiger charge is 2.29. The lowest BCUT2D eigenvalue weighted by molar-refractivity contribution is -0.122. The summed E-state index contributed by atoms with van der Waals surface area (Å²) >= 11 is 0. The topological polar surface area (TPSA) is 85.6 Å². The van der Waals surface area contributed by atoms with Gasteiger partial charge in [0.2, 0.25) is 5.91 Å². The number of hydrogen-bond acceptors (Lipinski definition) is 6. The third-order valence-electron chi connectivity index (χ3n) is 5.92. The number of methoxy groups -OCH3 is 2. The molecule has 1 fully saturated rings. The SMILES string of the molecule is COc1ccc(CNC(=O)C[C@@H]2CCNC[C@H]2Cc2cc(C(C)(C)C)on2)cc1OC. The minimum absolute atomic E-state index is 0.0561. The molecule has 31 heavy (non-hydrogen) atoms. The van der Waals surface area contributed by atoms with Crippen LogP contribution in [-0.2, 0) is 23.2 Å². The molecule has 2 atom stereocenters. The van der Waals surface area contributed by atoms with Gasteiger partial charge in [-0.3, -0.25) is 4.79 Å². The van der Waals surface area contributed by atoms with Crippen molar-refractivity contribution in [2.75, 3.05) is 27.3 Å². The van der Waals surface area contributed by atoms with Crippen LogP contribution in [0.1, 0.15) is 50.6 Å². The lowest BCUT2D eigenvalue weighted by Crippen LogP contribution is -2.40. The van der Waals surface area contributed by atoms with E-state index in [-0.39, 0.29) is 11.3 Å². The molecule has 7 nitrogen and oxygen atoms in total. The van der Waals surface area contributed by atoms with Gasteiger partial charge in [-0.15, -0.1) is 0 Å². The van der Waals surface area contributed by atoms with E-state index in [0.717, 1.165) is 42.9 Å². The van der Waals surface area contributed by atoms with Gasteiger partial charge in [-0.05, 0) is 55.5 Å². The quantitative estimate of drug-likeness (QED) is 0.668. The van der Waals surface area contributed by atoms with Gasteiger partial charge in [0.15, 0.2) is 11.5 Å². The molecule has 0 bridgehead atoms. The van der Waals surface area contributed by atoms with Crippen LogP contribution in [0.2, 0.25) is 0 Å². The molecular weight excluding hydrogens is 394 g/mol. The lowest BCUT2D eigenvalue weighted by atomic mass is 9.81. The molecule has 3 rings (SSSR count). The summed E-state index contributed by atoms with van der Waals surface area (Å²) in [6.45, 7) is 8.65. The van der Waals surface area contributed by atoms with E-state index in [1.807, 2.05) is 18.2 Å². The Balaban J connectivity index is 1.56. The van der Waals surface area contributed by atoms with Gasteiger partial charge in [0, 0.05) is 24.4 Å². The second-order valence-corrected chi connectivity index (χ2v) is 9.32. The van der Waals surface area contributed by atoms with Crippen molar-refractivity contribution in [1.82, 2.24) is 15.8 Å². The van der Waals surface area contributed by atoms with Crippen LogP contribution in [0, 0.1) is 11.8 Å². The number of aromatic nitrogens is 1. The van der Waals surface area contributed by atoms with Gasteiger partial charge in [0.05, 0.1) is 19.9 Å².